The molecule has 2 aromatic carbocycles. The van der Waals surface area contributed by atoms with E-state index in [0.29, 0.717) is 11.4 Å². The van der Waals surface area contributed by atoms with Crippen LogP contribution in [0.3, 0.4) is 0 Å². The number of anilines is 2. The first-order valence-corrected chi connectivity index (χ1v) is 5.62. The normalized spacial score (nSPS) is 9.05. The van der Waals surface area contributed by atoms with Crippen molar-refractivity contribution in [2.45, 2.75) is 6.42 Å². The zero-order valence-corrected chi connectivity index (χ0v) is 12.0. The van der Waals surface area contributed by atoms with Gasteiger partial charge in [-0.25, -0.2) is 0 Å². The lowest BCUT2D eigenvalue weighted by Gasteiger charge is -2.09. The second kappa shape index (κ2) is 8.51. The van der Waals surface area contributed by atoms with E-state index in [9.17, 15) is 5.11 Å². The maximum absolute atomic E-state index is 9.61. The van der Waals surface area contributed by atoms with Crippen molar-refractivity contribution in [3.05, 3.63) is 54.1 Å². The van der Waals surface area contributed by atoms with Crippen LogP contribution in [0.4, 0.5) is 11.4 Å². The predicted molar refractivity (Wildman–Crippen MR) is 85.7 cm³/mol. The van der Waals surface area contributed by atoms with Crippen LogP contribution in [-0.2, 0) is 6.42 Å². The summed E-state index contributed by atoms with van der Waals surface area (Å²) in [7, 11) is 0. The summed E-state index contributed by atoms with van der Waals surface area (Å²) in [6, 6.07) is 15.2. The summed E-state index contributed by atoms with van der Waals surface area (Å²) in [5.74, 6) is 0.229. The van der Waals surface area contributed by atoms with Crippen LogP contribution in [-0.4, -0.2) is 11.7 Å². The zero-order chi connectivity index (χ0) is 12.1. The van der Waals surface area contributed by atoms with E-state index in [0.717, 1.165) is 13.0 Å². The molecule has 19 heavy (non-hydrogen) atoms. The van der Waals surface area contributed by atoms with Crippen molar-refractivity contribution in [3.8, 4) is 5.75 Å². The molecule has 2 rings (SSSR count). The highest BCUT2D eigenvalue weighted by Crippen LogP contribution is 2.24. The fraction of sp³-hybridized carbons (Fsp3) is 0.143. The molecule has 0 atom stereocenters. The van der Waals surface area contributed by atoms with Crippen LogP contribution in [0.25, 0.3) is 0 Å². The number of phenols is 1. The molecular weight excluding hydrogens is 283 g/mol. The number of benzene rings is 2. The van der Waals surface area contributed by atoms with Gasteiger partial charge in [0.05, 0.1) is 5.69 Å². The quantitative estimate of drug-likeness (QED) is 0.460. The monoisotopic (exact) mass is 300 g/mol. The van der Waals surface area contributed by atoms with Gasteiger partial charge in [0, 0.05) is 12.2 Å². The summed E-state index contributed by atoms with van der Waals surface area (Å²) >= 11 is 0. The lowest BCUT2D eigenvalue weighted by atomic mass is 10.1. The Balaban J connectivity index is 0.00000162. The molecule has 4 N–H and O–H groups in total. The van der Waals surface area contributed by atoms with Crippen molar-refractivity contribution in [2.24, 2.45) is 0 Å². The maximum atomic E-state index is 9.61. The van der Waals surface area contributed by atoms with E-state index in [4.69, 9.17) is 5.73 Å². The van der Waals surface area contributed by atoms with Crippen LogP contribution >= 0.6 is 24.8 Å². The Bertz CT molecular complexity index is 492. The van der Waals surface area contributed by atoms with Crippen molar-refractivity contribution in [1.82, 2.24) is 0 Å². The second-order valence-electron chi connectivity index (χ2n) is 3.94. The number of nitrogens with one attached hydrogen (secondary N) is 1. The minimum absolute atomic E-state index is 0. The highest BCUT2D eigenvalue weighted by molar-refractivity contribution is 5.85. The first kappa shape index (κ1) is 17.4. The minimum atomic E-state index is 0. The van der Waals surface area contributed by atoms with Gasteiger partial charge in [-0.3, -0.25) is 0 Å². The smallest absolute Gasteiger partial charge is 0.138 e. The van der Waals surface area contributed by atoms with Crippen molar-refractivity contribution >= 4 is 36.2 Å². The minimum Gasteiger partial charge on any atom is -0.506 e. The van der Waals surface area contributed by atoms with Gasteiger partial charge < -0.3 is 16.2 Å². The zero-order valence-electron chi connectivity index (χ0n) is 10.4. The Morgan fingerprint density at radius 3 is 2.37 bits per heavy atom. The van der Waals surface area contributed by atoms with Crippen LogP contribution in [0.15, 0.2) is 48.5 Å². The van der Waals surface area contributed by atoms with Crippen molar-refractivity contribution in [1.29, 1.82) is 0 Å². The van der Waals surface area contributed by atoms with Crippen molar-refractivity contribution < 1.29 is 5.11 Å². The van der Waals surface area contributed by atoms with Gasteiger partial charge >= 0.3 is 0 Å². The number of nitrogen functional groups attached to an aromatic ring is 1. The lowest BCUT2D eigenvalue weighted by molar-refractivity contribution is 0.477. The Morgan fingerprint density at radius 2 is 1.68 bits per heavy atom. The molecule has 0 unspecified atom stereocenters. The average Bonchev–Trinajstić information content (AvgIpc) is 2.35. The third kappa shape index (κ3) is 5.28. The highest BCUT2D eigenvalue weighted by Gasteiger charge is 2.00. The molecule has 0 aliphatic heterocycles. The number of phenolic OH excluding ortho intramolecular Hbond substituents is 1. The molecule has 0 fully saturated rings. The summed E-state index contributed by atoms with van der Waals surface area (Å²) in [6.45, 7) is 0.765. The Labute approximate surface area is 125 Å². The van der Waals surface area contributed by atoms with Crippen LogP contribution in [0.1, 0.15) is 5.56 Å². The largest absolute Gasteiger partial charge is 0.506 e. The molecule has 0 saturated carbocycles. The Morgan fingerprint density at radius 1 is 1.00 bits per heavy atom. The van der Waals surface area contributed by atoms with Gasteiger partial charge in [-0.1, -0.05) is 30.3 Å². The van der Waals surface area contributed by atoms with E-state index in [1.165, 1.54) is 5.56 Å². The van der Waals surface area contributed by atoms with Crippen molar-refractivity contribution in [3.63, 3.8) is 0 Å². The number of rotatable bonds is 4. The molecule has 3 nitrogen and oxygen atoms in total. The van der Waals surface area contributed by atoms with Crippen LogP contribution in [0.2, 0.25) is 0 Å². The van der Waals surface area contributed by atoms with Gasteiger partial charge in [-0.2, -0.15) is 0 Å². The molecule has 0 saturated heterocycles. The summed E-state index contributed by atoms with van der Waals surface area (Å²) < 4.78 is 0. The fourth-order valence-corrected chi connectivity index (χ4v) is 1.68. The van der Waals surface area contributed by atoms with Crippen LogP contribution in [0.5, 0.6) is 5.75 Å². The fourth-order valence-electron chi connectivity index (χ4n) is 1.68. The summed E-state index contributed by atoms with van der Waals surface area (Å²) in [6.07, 6.45) is 0.912. The van der Waals surface area contributed by atoms with Gasteiger partial charge in [0.25, 0.3) is 0 Å². The first-order valence-electron chi connectivity index (χ1n) is 5.62. The molecule has 2 aromatic rings. The molecule has 0 aliphatic rings. The maximum Gasteiger partial charge on any atom is 0.138 e. The van der Waals surface area contributed by atoms with Gasteiger partial charge in [0.2, 0.25) is 0 Å². The van der Waals surface area contributed by atoms with E-state index in [2.05, 4.69) is 17.4 Å². The van der Waals surface area contributed by atoms with E-state index in [1.54, 1.807) is 18.2 Å². The van der Waals surface area contributed by atoms with E-state index < -0.39 is 0 Å². The number of hydrogen-bond donors (Lipinski definition) is 3. The average molecular weight is 301 g/mol. The molecule has 0 aromatic heterocycles. The lowest BCUT2D eigenvalue weighted by Crippen LogP contribution is -2.05. The number of halogens is 2. The molecule has 0 aliphatic carbocycles. The summed E-state index contributed by atoms with van der Waals surface area (Å²) in [5, 5.41) is 12.8. The second-order valence-corrected chi connectivity index (χ2v) is 3.94. The number of hydrogen-bond acceptors (Lipinski definition) is 3. The van der Waals surface area contributed by atoms with Gasteiger partial charge in [0.1, 0.15) is 5.75 Å². The number of nitrogens with two attached hydrogens (primary N) is 1. The third-order valence-corrected chi connectivity index (χ3v) is 2.59. The molecule has 0 spiro atoms. The standard InChI is InChI=1S/C14H16N2O.2ClH/c15-12-6-7-14(17)13(10-12)16-9-8-11-4-2-1-3-5-11;;/h1-7,10,16-17H,8-9,15H2;2*1H. The third-order valence-electron chi connectivity index (χ3n) is 2.59. The van der Waals surface area contributed by atoms with E-state index >= 15 is 0 Å². The highest BCUT2D eigenvalue weighted by atomic mass is 35.5. The predicted octanol–water partition coefficient (Wildman–Crippen LogP) is 3.47. The Kier molecular flexibility index (Phi) is 7.80. The molecule has 0 heterocycles. The Hall–Kier alpha value is -1.58. The van der Waals surface area contributed by atoms with Crippen LogP contribution in [0, 0.1) is 0 Å². The molecular formula is C14H18Cl2N2O. The number of aromatic hydroxyl groups is 1. The summed E-state index contributed by atoms with van der Waals surface area (Å²) in [5.41, 5.74) is 8.25. The first-order chi connectivity index (χ1) is 8.25. The van der Waals surface area contributed by atoms with Crippen molar-refractivity contribution in [2.75, 3.05) is 17.6 Å². The molecule has 0 bridgehead atoms. The van der Waals surface area contributed by atoms with E-state index in [1.807, 2.05) is 18.2 Å². The van der Waals surface area contributed by atoms with Gasteiger partial charge in [-0.15, -0.1) is 24.8 Å². The molecule has 104 valence electrons. The molecule has 0 radical (unpaired) electrons. The van der Waals surface area contributed by atoms with Gasteiger partial charge in [0.15, 0.2) is 0 Å². The molecule has 0 amide bonds. The summed E-state index contributed by atoms with van der Waals surface area (Å²) in [4.78, 5) is 0. The SMILES string of the molecule is Cl.Cl.Nc1ccc(O)c(NCCc2ccccc2)c1. The van der Waals surface area contributed by atoms with Crippen LogP contribution < -0.4 is 11.1 Å². The topological polar surface area (TPSA) is 58.3 Å². The van der Waals surface area contributed by atoms with E-state index in [-0.39, 0.29) is 30.6 Å². The van der Waals surface area contributed by atoms with Gasteiger partial charge in [-0.05, 0) is 30.2 Å². The molecule has 5 heteroatoms.